The Bertz CT molecular complexity index is 672. The molecule has 0 saturated carbocycles. The van der Waals surface area contributed by atoms with Crippen molar-refractivity contribution in [3.63, 3.8) is 0 Å². The molecule has 0 spiro atoms. The molecular weight excluding hydrogens is 308 g/mol. The number of hydrogen-bond acceptors (Lipinski definition) is 5. The highest BCUT2D eigenvalue weighted by Crippen LogP contribution is 2.35. The quantitative estimate of drug-likeness (QED) is 0.878. The Morgan fingerprint density at radius 2 is 2.14 bits per heavy atom. The predicted molar refractivity (Wildman–Crippen MR) is 81.4 cm³/mol. The van der Waals surface area contributed by atoms with Crippen molar-refractivity contribution in [3.05, 3.63) is 34.9 Å². The third-order valence-corrected chi connectivity index (χ3v) is 3.42. The van der Waals surface area contributed by atoms with E-state index in [-0.39, 0.29) is 12.5 Å². The fourth-order valence-corrected chi connectivity index (χ4v) is 2.28. The lowest BCUT2D eigenvalue weighted by Gasteiger charge is -2.12. The fourth-order valence-electron chi connectivity index (χ4n) is 1.99. The Balaban J connectivity index is 2.14. The summed E-state index contributed by atoms with van der Waals surface area (Å²) in [6, 6.07) is 3.10. The molecule has 7 nitrogen and oxygen atoms in total. The third-order valence-electron chi connectivity index (χ3n) is 3.14. The van der Waals surface area contributed by atoms with Crippen molar-refractivity contribution in [1.29, 1.82) is 0 Å². The van der Waals surface area contributed by atoms with Crippen LogP contribution in [0.4, 0.5) is 0 Å². The normalized spacial score (nSPS) is 10.4. The van der Waals surface area contributed by atoms with Gasteiger partial charge < -0.3 is 19.4 Å². The fraction of sp³-hybridized carbons (Fsp3) is 0.357. The third kappa shape index (κ3) is 3.30. The number of halogens is 1. The maximum atomic E-state index is 12.2. The van der Waals surface area contributed by atoms with Crippen molar-refractivity contribution in [1.82, 2.24) is 20.1 Å². The zero-order chi connectivity index (χ0) is 16.1. The summed E-state index contributed by atoms with van der Waals surface area (Å²) < 4.78 is 12.2. The first kappa shape index (κ1) is 16.1. The van der Waals surface area contributed by atoms with E-state index >= 15 is 0 Å². The van der Waals surface area contributed by atoms with Crippen LogP contribution in [-0.2, 0) is 13.1 Å². The van der Waals surface area contributed by atoms with Crippen LogP contribution in [0.5, 0.6) is 11.5 Å². The van der Waals surface area contributed by atoms with Crippen LogP contribution in [0.15, 0.2) is 18.5 Å². The molecule has 0 aliphatic heterocycles. The molecule has 0 radical (unpaired) electrons. The predicted octanol–water partition coefficient (Wildman–Crippen LogP) is 1.90. The summed E-state index contributed by atoms with van der Waals surface area (Å²) in [5.74, 6) is 1.19. The van der Waals surface area contributed by atoms with Gasteiger partial charge in [-0.1, -0.05) is 11.6 Å². The van der Waals surface area contributed by atoms with Gasteiger partial charge in [-0.2, -0.15) is 0 Å². The highest BCUT2D eigenvalue weighted by molar-refractivity contribution is 6.32. The Kier molecular flexibility index (Phi) is 5.21. The number of benzene rings is 1. The van der Waals surface area contributed by atoms with Crippen molar-refractivity contribution >= 4 is 17.5 Å². The van der Waals surface area contributed by atoms with Crippen molar-refractivity contribution in [2.45, 2.75) is 20.0 Å². The topological polar surface area (TPSA) is 78.3 Å². The number of aryl methyl sites for hydroxylation is 1. The lowest BCUT2D eigenvalue weighted by Crippen LogP contribution is -2.24. The average molecular weight is 325 g/mol. The molecule has 0 aliphatic rings. The number of rotatable bonds is 6. The van der Waals surface area contributed by atoms with Crippen LogP contribution >= 0.6 is 11.6 Å². The van der Waals surface area contributed by atoms with Crippen LogP contribution in [0, 0.1) is 0 Å². The number of amides is 1. The smallest absolute Gasteiger partial charge is 0.251 e. The number of carbonyl (C=O) groups is 1. The minimum atomic E-state index is -0.284. The molecule has 0 unspecified atom stereocenters. The number of ether oxygens (including phenoxy) is 2. The second kappa shape index (κ2) is 7.13. The van der Waals surface area contributed by atoms with E-state index in [2.05, 4.69) is 15.5 Å². The summed E-state index contributed by atoms with van der Waals surface area (Å²) in [6.45, 7) is 2.99. The molecule has 2 rings (SSSR count). The lowest BCUT2D eigenvalue weighted by atomic mass is 10.2. The highest BCUT2D eigenvalue weighted by Gasteiger charge is 2.15. The van der Waals surface area contributed by atoms with Gasteiger partial charge in [-0.15, -0.1) is 10.2 Å². The molecule has 8 heteroatoms. The first-order valence-corrected chi connectivity index (χ1v) is 7.04. The maximum absolute atomic E-state index is 12.2. The molecule has 0 saturated heterocycles. The molecule has 0 fully saturated rings. The van der Waals surface area contributed by atoms with E-state index in [0.29, 0.717) is 27.9 Å². The minimum Gasteiger partial charge on any atom is -0.493 e. The molecule has 2 aromatic rings. The molecule has 118 valence electrons. The van der Waals surface area contributed by atoms with Gasteiger partial charge in [-0.25, -0.2) is 0 Å². The van der Waals surface area contributed by atoms with Crippen molar-refractivity contribution in [2.75, 3.05) is 14.2 Å². The Hall–Kier alpha value is -2.28. The Morgan fingerprint density at radius 1 is 1.36 bits per heavy atom. The van der Waals surface area contributed by atoms with Gasteiger partial charge in [0.1, 0.15) is 6.33 Å². The van der Waals surface area contributed by atoms with Crippen LogP contribution in [0.3, 0.4) is 0 Å². The van der Waals surface area contributed by atoms with Crippen molar-refractivity contribution in [2.24, 2.45) is 0 Å². The van der Waals surface area contributed by atoms with E-state index in [1.165, 1.54) is 20.3 Å². The van der Waals surface area contributed by atoms with Gasteiger partial charge in [0.05, 0.1) is 25.8 Å². The van der Waals surface area contributed by atoms with Gasteiger partial charge in [0.25, 0.3) is 5.91 Å². The Labute approximate surface area is 133 Å². The number of nitrogens with zero attached hydrogens (tertiary/aromatic N) is 3. The van der Waals surface area contributed by atoms with Gasteiger partial charge in [0, 0.05) is 12.1 Å². The highest BCUT2D eigenvalue weighted by atomic mass is 35.5. The van der Waals surface area contributed by atoms with Crippen LogP contribution in [0.25, 0.3) is 0 Å². The molecule has 1 N–H and O–H groups in total. The van der Waals surface area contributed by atoms with E-state index in [9.17, 15) is 4.79 Å². The van der Waals surface area contributed by atoms with Crippen molar-refractivity contribution < 1.29 is 14.3 Å². The monoisotopic (exact) mass is 324 g/mol. The number of nitrogens with one attached hydrogen (secondary N) is 1. The van der Waals surface area contributed by atoms with E-state index in [0.717, 1.165) is 6.54 Å². The van der Waals surface area contributed by atoms with Crippen LogP contribution in [0.2, 0.25) is 5.02 Å². The van der Waals surface area contributed by atoms with E-state index in [4.69, 9.17) is 21.1 Å². The summed E-state index contributed by atoms with van der Waals surface area (Å²) >= 11 is 6.09. The molecule has 22 heavy (non-hydrogen) atoms. The summed E-state index contributed by atoms with van der Waals surface area (Å²) in [7, 11) is 2.97. The standard InChI is InChI=1S/C14H17ClN4O3/c1-4-19-8-17-18-12(19)7-16-14(20)9-5-10(15)13(22-3)11(6-9)21-2/h5-6,8H,4,7H2,1-3H3,(H,16,20). The van der Waals surface area contributed by atoms with Crippen LogP contribution in [-0.4, -0.2) is 34.9 Å². The lowest BCUT2D eigenvalue weighted by molar-refractivity contribution is 0.0949. The van der Waals surface area contributed by atoms with Crippen LogP contribution in [0.1, 0.15) is 23.1 Å². The van der Waals surface area contributed by atoms with Crippen LogP contribution < -0.4 is 14.8 Å². The van der Waals surface area contributed by atoms with Gasteiger partial charge in [-0.3, -0.25) is 4.79 Å². The number of aromatic nitrogens is 3. The maximum Gasteiger partial charge on any atom is 0.251 e. The molecule has 1 aromatic heterocycles. The molecular formula is C14H17ClN4O3. The number of carbonyl (C=O) groups excluding carboxylic acids is 1. The van der Waals surface area contributed by atoms with Gasteiger partial charge in [0.15, 0.2) is 17.3 Å². The first-order chi connectivity index (χ1) is 10.6. The molecule has 1 amide bonds. The summed E-state index contributed by atoms with van der Waals surface area (Å²) in [5.41, 5.74) is 0.380. The molecule has 0 aliphatic carbocycles. The second-order valence-electron chi connectivity index (χ2n) is 4.41. The molecule has 1 aromatic carbocycles. The molecule has 0 atom stereocenters. The van der Waals surface area contributed by atoms with Crippen molar-refractivity contribution in [3.8, 4) is 11.5 Å². The largest absolute Gasteiger partial charge is 0.493 e. The van der Waals surface area contributed by atoms with Gasteiger partial charge in [-0.05, 0) is 19.1 Å². The van der Waals surface area contributed by atoms with Gasteiger partial charge >= 0.3 is 0 Å². The first-order valence-electron chi connectivity index (χ1n) is 6.67. The summed E-state index contributed by atoms with van der Waals surface area (Å²) in [6.07, 6.45) is 1.62. The molecule has 1 heterocycles. The number of hydrogen-bond donors (Lipinski definition) is 1. The molecule has 0 bridgehead atoms. The van der Waals surface area contributed by atoms with Gasteiger partial charge in [0.2, 0.25) is 0 Å². The Morgan fingerprint density at radius 3 is 2.77 bits per heavy atom. The van der Waals surface area contributed by atoms with E-state index < -0.39 is 0 Å². The number of methoxy groups -OCH3 is 2. The SMILES string of the molecule is CCn1cnnc1CNC(=O)c1cc(Cl)c(OC)c(OC)c1. The second-order valence-corrected chi connectivity index (χ2v) is 4.82. The average Bonchev–Trinajstić information content (AvgIpc) is 2.99. The summed E-state index contributed by atoms with van der Waals surface area (Å²) in [4.78, 5) is 12.2. The summed E-state index contributed by atoms with van der Waals surface area (Å²) in [5, 5.41) is 10.9. The zero-order valence-electron chi connectivity index (χ0n) is 12.6. The van der Waals surface area contributed by atoms with E-state index in [1.807, 2.05) is 11.5 Å². The minimum absolute atomic E-state index is 0.276. The zero-order valence-corrected chi connectivity index (χ0v) is 13.3. The van der Waals surface area contributed by atoms with E-state index in [1.54, 1.807) is 12.4 Å².